The number of sulfonamides is 2. The van der Waals surface area contributed by atoms with Crippen LogP contribution in [-0.4, -0.2) is 80.0 Å². The highest BCUT2D eigenvalue weighted by Crippen LogP contribution is 2.39. The number of rotatable bonds is 9. The second kappa shape index (κ2) is 11.5. The minimum Gasteiger partial charge on any atom is -0.376 e. The van der Waals surface area contributed by atoms with Crippen LogP contribution in [0.4, 0.5) is 18.9 Å². The van der Waals surface area contributed by atoms with Crippen molar-refractivity contribution in [2.45, 2.75) is 59.2 Å². The van der Waals surface area contributed by atoms with Gasteiger partial charge < -0.3 is 10.0 Å². The average Bonchev–Trinajstić information content (AvgIpc) is 3.48. The van der Waals surface area contributed by atoms with Gasteiger partial charge in [-0.05, 0) is 61.0 Å². The zero-order valence-corrected chi connectivity index (χ0v) is 25.1. The van der Waals surface area contributed by atoms with Crippen molar-refractivity contribution < 1.29 is 35.1 Å². The molecule has 3 aromatic rings. The van der Waals surface area contributed by atoms with E-state index in [4.69, 9.17) is 0 Å². The molecule has 1 saturated heterocycles. The highest BCUT2D eigenvalue weighted by molar-refractivity contribution is 7.91. The van der Waals surface area contributed by atoms with E-state index in [1.807, 2.05) is 4.90 Å². The number of hydrogen-bond acceptors (Lipinski definition) is 8. The number of hydrogen-bond donors (Lipinski definition) is 1. The van der Waals surface area contributed by atoms with Gasteiger partial charge in [-0.1, -0.05) is 24.6 Å². The van der Waals surface area contributed by atoms with Crippen LogP contribution in [0.25, 0.3) is 0 Å². The number of piperazine rings is 1. The Morgan fingerprint density at radius 3 is 2.31 bits per heavy atom. The summed E-state index contributed by atoms with van der Waals surface area (Å²) in [5.74, 6) is 0. The Kier molecular flexibility index (Phi) is 8.46. The Morgan fingerprint density at radius 1 is 1.05 bits per heavy atom. The molecule has 2 atom stereocenters. The summed E-state index contributed by atoms with van der Waals surface area (Å²) >= 11 is 1.09. The van der Waals surface area contributed by atoms with E-state index in [1.165, 1.54) is 63.5 Å². The van der Waals surface area contributed by atoms with Crippen molar-refractivity contribution >= 4 is 37.1 Å². The van der Waals surface area contributed by atoms with E-state index < -0.39 is 37.9 Å². The van der Waals surface area contributed by atoms with E-state index in [-0.39, 0.29) is 46.9 Å². The zero-order chi connectivity index (χ0) is 30.3. The average molecular weight is 645 g/mol. The van der Waals surface area contributed by atoms with E-state index in [2.05, 4.69) is 4.98 Å². The van der Waals surface area contributed by atoms with Crippen LogP contribution in [0.5, 0.6) is 0 Å². The first kappa shape index (κ1) is 30.9. The van der Waals surface area contributed by atoms with Crippen LogP contribution in [-0.2, 0) is 25.6 Å². The van der Waals surface area contributed by atoms with Gasteiger partial charge in [0.05, 0.1) is 6.04 Å². The van der Waals surface area contributed by atoms with Gasteiger partial charge in [0, 0.05) is 50.3 Å². The highest BCUT2D eigenvalue weighted by atomic mass is 32.2. The topological polar surface area (TPSA) is 111 Å². The molecular formula is C27H31F3N4O5S3. The second-order valence-corrected chi connectivity index (χ2v) is 15.6. The Bertz CT molecular complexity index is 1580. The summed E-state index contributed by atoms with van der Waals surface area (Å²) in [5.41, 5.74) is -2.91. The number of alkyl halides is 3. The Hall–Kier alpha value is -2.56. The quantitative estimate of drug-likeness (QED) is 0.375. The van der Waals surface area contributed by atoms with Gasteiger partial charge in [0.1, 0.15) is 9.10 Å². The Morgan fingerprint density at radius 2 is 1.76 bits per heavy atom. The molecule has 0 radical (unpaired) electrons. The van der Waals surface area contributed by atoms with Crippen molar-refractivity contribution in [3.8, 4) is 0 Å². The van der Waals surface area contributed by atoms with Crippen molar-refractivity contribution in [1.82, 2.24) is 13.6 Å². The molecule has 1 N–H and O–H groups in total. The van der Waals surface area contributed by atoms with Gasteiger partial charge >= 0.3 is 6.18 Å². The first-order valence-corrected chi connectivity index (χ1v) is 17.1. The zero-order valence-electron chi connectivity index (χ0n) is 22.7. The molecule has 2 aliphatic rings. The normalized spacial score (nSPS) is 20.8. The number of aromatic nitrogens is 1. The van der Waals surface area contributed by atoms with Crippen LogP contribution in [0, 0.1) is 0 Å². The van der Waals surface area contributed by atoms with Crippen LogP contribution >= 0.6 is 11.3 Å². The molecule has 42 heavy (non-hydrogen) atoms. The Balaban J connectivity index is 1.50. The molecule has 1 saturated carbocycles. The maximum Gasteiger partial charge on any atom is 0.421 e. The summed E-state index contributed by atoms with van der Waals surface area (Å²) in [5, 5.41) is 11.8. The third-order valence-corrected chi connectivity index (χ3v) is 13.1. The van der Waals surface area contributed by atoms with E-state index in [1.54, 1.807) is 11.4 Å². The molecule has 1 aromatic carbocycles. The lowest BCUT2D eigenvalue weighted by atomic mass is 9.92. The lowest BCUT2D eigenvalue weighted by Crippen LogP contribution is -2.60. The number of halogens is 3. The first-order chi connectivity index (χ1) is 19.7. The molecule has 0 spiro atoms. The maximum absolute atomic E-state index is 13.8. The molecule has 0 bridgehead atoms. The molecule has 9 nitrogen and oxygen atoms in total. The molecule has 2 unspecified atom stereocenters. The van der Waals surface area contributed by atoms with E-state index in [0.717, 1.165) is 17.8 Å². The number of benzene rings is 1. The smallest absolute Gasteiger partial charge is 0.376 e. The maximum atomic E-state index is 13.8. The van der Waals surface area contributed by atoms with Crippen molar-refractivity contribution in [3.05, 3.63) is 71.9 Å². The van der Waals surface area contributed by atoms with Crippen molar-refractivity contribution in [1.29, 1.82) is 0 Å². The summed E-state index contributed by atoms with van der Waals surface area (Å²) in [6.07, 6.45) is 0.0385. The molecule has 0 amide bonds. The van der Waals surface area contributed by atoms with Gasteiger partial charge in [0.2, 0.25) is 10.0 Å². The van der Waals surface area contributed by atoms with Crippen LogP contribution in [0.3, 0.4) is 0 Å². The fourth-order valence-electron chi connectivity index (χ4n) is 5.18. The molecule has 228 valence electrons. The predicted octanol–water partition coefficient (Wildman–Crippen LogP) is 4.04. The number of pyridine rings is 1. The van der Waals surface area contributed by atoms with E-state index in [9.17, 15) is 35.1 Å². The summed E-state index contributed by atoms with van der Waals surface area (Å²) in [7, 11) is -7.83. The number of thiophene rings is 1. The standard InChI is InChI=1S/C27H31F3N4O5S3/c1-26(35,27(28,29)30)20-9-11-21(12-10-20)33-15-14-32(42(38,39)25-8-4-16-40-25)18-23(33)19-34(22-5-2-6-22)41(36,37)24-7-3-13-31-17-24/h3-4,7-13,16-17,22-23,35H,2,5-6,14-15,18-19H2,1H3. The van der Waals surface area contributed by atoms with Gasteiger partial charge in [0.25, 0.3) is 10.0 Å². The fourth-order valence-corrected chi connectivity index (χ4v) is 9.48. The second-order valence-electron chi connectivity index (χ2n) is 10.6. The summed E-state index contributed by atoms with van der Waals surface area (Å²) < 4.78 is 97.7. The highest BCUT2D eigenvalue weighted by Gasteiger charge is 2.51. The SMILES string of the molecule is CC(O)(c1ccc(N2CCN(S(=O)(=O)c3cccs3)CC2CN(C2CCC2)S(=O)(=O)c2cccnc2)cc1)C(F)(F)F. The monoisotopic (exact) mass is 644 g/mol. The molecule has 2 aromatic heterocycles. The predicted molar refractivity (Wildman–Crippen MR) is 152 cm³/mol. The number of aliphatic hydroxyl groups is 1. The summed E-state index contributed by atoms with van der Waals surface area (Å²) in [4.78, 5) is 5.82. The van der Waals surface area contributed by atoms with Gasteiger partial charge in [-0.15, -0.1) is 11.3 Å². The summed E-state index contributed by atoms with van der Waals surface area (Å²) in [6.45, 7) is 0.875. The lowest BCUT2D eigenvalue weighted by Gasteiger charge is -2.46. The third kappa shape index (κ3) is 5.82. The minimum absolute atomic E-state index is 0.0288. The molecule has 2 fully saturated rings. The summed E-state index contributed by atoms with van der Waals surface area (Å²) in [6, 6.07) is 10.5. The molecule has 15 heteroatoms. The first-order valence-electron chi connectivity index (χ1n) is 13.3. The largest absolute Gasteiger partial charge is 0.421 e. The molecule has 1 aliphatic carbocycles. The molecular weight excluding hydrogens is 614 g/mol. The molecule has 5 rings (SSSR count). The van der Waals surface area contributed by atoms with Gasteiger partial charge in [-0.3, -0.25) is 4.98 Å². The van der Waals surface area contributed by atoms with Crippen molar-refractivity contribution in [2.75, 3.05) is 31.1 Å². The van der Waals surface area contributed by atoms with Crippen LogP contribution in [0.15, 0.2) is 75.4 Å². The van der Waals surface area contributed by atoms with Crippen LogP contribution in [0.1, 0.15) is 31.7 Å². The van der Waals surface area contributed by atoms with Gasteiger partial charge in [0.15, 0.2) is 5.60 Å². The molecule has 1 aliphatic heterocycles. The van der Waals surface area contributed by atoms with Gasteiger partial charge in [-0.25, -0.2) is 16.8 Å². The van der Waals surface area contributed by atoms with Crippen LogP contribution in [0.2, 0.25) is 0 Å². The van der Waals surface area contributed by atoms with Crippen molar-refractivity contribution in [2.24, 2.45) is 0 Å². The molecule has 3 heterocycles. The fraction of sp³-hybridized carbons (Fsp3) is 0.444. The lowest BCUT2D eigenvalue weighted by molar-refractivity contribution is -0.258. The number of anilines is 1. The third-order valence-electron chi connectivity index (χ3n) is 7.96. The van der Waals surface area contributed by atoms with Gasteiger partial charge in [-0.2, -0.15) is 21.8 Å². The number of nitrogens with zero attached hydrogens (tertiary/aromatic N) is 4. The van der Waals surface area contributed by atoms with E-state index in [0.29, 0.717) is 25.5 Å². The Labute approximate surface area is 247 Å². The van der Waals surface area contributed by atoms with Crippen molar-refractivity contribution in [3.63, 3.8) is 0 Å². The van der Waals surface area contributed by atoms with E-state index >= 15 is 0 Å². The van der Waals surface area contributed by atoms with Crippen LogP contribution < -0.4 is 4.90 Å². The minimum atomic E-state index is -4.89.